The maximum absolute atomic E-state index is 13.1. The van der Waals surface area contributed by atoms with Crippen molar-refractivity contribution in [2.24, 2.45) is 5.41 Å². The topological polar surface area (TPSA) is 66.4 Å². The van der Waals surface area contributed by atoms with Crippen molar-refractivity contribution >= 4 is 10.0 Å². The predicted molar refractivity (Wildman–Crippen MR) is 76.4 cm³/mol. The third kappa shape index (κ3) is 4.26. The van der Waals surface area contributed by atoms with Crippen LogP contribution in [0.15, 0.2) is 23.1 Å². The van der Waals surface area contributed by atoms with Crippen LogP contribution >= 0.6 is 0 Å². The fourth-order valence-corrected chi connectivity index (χ4v) is 3.67. The zero-order valence-corrected chi connectivity index (χ0v) is 13.1. The molecular weight excluding hydrogens is 281 g/mol. The van der Waals surface area contributed by atoms with Crippen LogP contribution in [0.4, 0.5) is 4.39 Å². The molecule has 1 aromatic rings. The normalized spacial score (nSPS) is 14.3. The Morgan fingerprint density at radius 1 is 1.35 bits per heavy atom. The van der Waals surface area contributed by atoms with Crippen LogP contribution in [-0.4, -0.2) is 26.2 Å². The van der Waals surface area contributed by atoms with Gasteiger partial charge in [-0.2, -0.15) is 0 Å². The number of aliphatic hydroxyl groups is 1. The van der Waals surface area contributed by atoms with Gasteiger partial charge in [0.25, 0.3) is 0 Å². The lowest BCUT2D eigenvalue weighted by atomic mass is 9.86. The summed E-state index contributed by atoms with van der Waals surface area (Å²) >= 11 is 0. The predicted octanol–water partition coefficient (Wildman–Crippen LogP) is 2.21. The van der Waals surface area contributed by atoms with Crippen LogP contribution < -0.4 is 4.72 Å². The van der Waals surface area contributed by atoms with E-state index in [2.05, 4.69) is 4.72 Å². The number of hydrogen-bond acceptors (Lipinski definition) is 3. The number of halogens is 1. The van der Waals surface area contributed by atoms with Crippen LogP contribution in [0.3, 0.4) is 0 Å². The lowest BCUT2D eigenvalue weighted by Crippen LogP contribution is -2.44. The molecule has 2 N–H and O–H groups in total. The minimum absolute atomic E-state index is 0.0612. The summed E-state index contributed by atoms with van der Waals surface area (Å²) in [5.41, 5.74) is 0.0261. The summed E-state index contributed by atoms with van der Waals surface area (Å²) in [7, 11) is -3.74. The van der Waals surface area contributed by atoms with Crippen LogP contribution in [0.1, 0.15) is 32.8 Å². The molecule has 0 heterocycles. The van der Waals surface area contributed by atoms with Crippen molar-refractivity contribution in [3.63, 3.8) is 0 Å². The lowest BCUT2D eigenvalue weighted by molar-refractivity contribution is 0.214. The average molecular weight is 303 g/mol. The molecule has 1 unspecified atom stereocenters. The average Bonchev–Trinajstić information content (AvgIpc) is 2.26. The summed E-state index contributed by atoms with van der Waals surface area (Å²) in [4.78, 5) is 0.0612. The van der Waals surface area contributed by atoms with Crippen molar-refractivity contribution in [3.05, 3.63) is 29.6 Å². The Labute approximate surface area is 120 Å². The van der Waals surface area contributed by atoms with Crippen molar-refractivity contribution in [2.75, 3.05) is 6.61 Å². The first-order chi connectivity index (χ1) is 9.08. The Morgan fingerprint density at radius 2 is 1.95 bits per heavy atom. The van der Waals surface area contributed by atoms with E-state index in [0.29, 0.717) is 12.0 Å². The van der Waals surface area contributed by atoms with Gasteiger partial charge in [-0.05, 0) is 42.5 Å². The summed E-state index contributed by atoms with van der Waals surface area (Å²) in [6.07, 6.45) is 0.322. The fraction of sp³-hybridized carbons (Fsp3) is 0.571. The fourth-order valence-electron chi connectivity index (χ4n) is 1.96. The molecular formula is C14H22FNO3S. The highest BCUT2D eigenvalue weighted by Crippen LogP contribution is 2.24. The van der Waals surface area contributed by atoms with Gasteiger partial charge in [0, 0.05) is 12.6 Å². The summed E-state index contributed by atoms with van der Waals surface area (Å²) < 4.78 is 40.4. The van der Waals surface area contributed by atoms with Gasteiger partial charge < -0.3 is 5.11 Å². The van der Waals surface area contributed by atoms with Gasteiger partial charge in [0.1, 0.15) is 5.82 Å². The van der Waals surface area contributed by atoms with E-state index in [4.69, 9.17) is 5.11 Å². The smallest absolute Gasteiger partial charge is 0.241 e. The van der Waals surface area contributed by atoms with Crippen LogP contribution in [0.2, 0.25) is 0 Å². The number of aliphatic hydroxyl groups excluding tert-OH is 1. The molecule has 4 nitrogen and oxygen atoms in total. The quantitative estimate of drug-likeness (QED) is 0.876. The Morgan fingerprint density at radius 3 is 2.40 bits per heavy atom. The molecule has 0 aliphatic heterocycles. The standard InChI is InChI=1S/C14H22FNO3S/c1-10-9-11(15)5-6-12(10)20(18,19)16-13(7-8-17)14(2,3)4/h5-6,9,13,16-17H,7-8H2,1-4H3. The van der Waals surface area contributed by atoms with E-state index in [1.165, 1.54) is 12.1 Å². The summed E-state index contributed by atoms with van der Waals surface area (Å²) in [6, 6.07) is 3.17. The van der Waals surface area contributed by atoms with Gasteiger partial charge in [-0.25, -0.2) is 17.5 Å². The molecule has 0 spiro atoms. The van der Waals surface area contributed by atoms with Crippen LogP contribution in [0, 0.1) is 18.2 Å². The van der Waals surface area contributed by atoms with Crippen molar-refractivity contribution in [3.8, 4) is 0 Å². The van der Waals surface area contributed by atoms with Crippen LogP contribution in [-0.2, 0) is 10.0 Å². The van der Waals surface area contributed by atoms with Gasteiger partial charge in [-0.1, -0.05) is 20.8 Å². The number of nitrogens with one attached hydrogen (secondary N) is 1. The van der Waals surface area contributed by atoms with E-state index in [-0.39, 0.29) is 16.9 Å². The molecule has 1 aromatic carbocycles. The second kappa shape index (κ2) is 6.20. The van der Waals surface area contributed by atoms with E-state index >= 15 is 0 Å². The second-order valence-electron chi connectivity index (χ2n) is 5.96. The Balaban J connectivity index is 3.10. The lowest BCUT2D eigenvalue weighted by Gasteiger charge is -2.31. The van der Waals surface area contributed by atoms with Gasteiger partial charge in [0.05, 0.1) is 4.90 Å². The second-order valence-corrected chi connectivity index (χ2v) is 7.64. The van der Waals surface area contributed by atoms with Gasteiger partial charge in [0.15, 0.2) is 0 Å². The molecule has 1 rings (SSSR count). The highest BCUT2D eigenvalue weighted by Gasteiger charge is 2.29. The Bertz CT molecular complexity index is 564. The molecule has 0 aromatic heterocycles. The molecule has 0 amide bonds. The maximum Gasteiger partial charge on any atom is 0.241 e. The third-order valence-electron chi connectivity index (χ3n) is 3.19. The first kappa shape index (κ1) is 17.1. The largest absolute Gasteiger partial charge is 0.396 e. The van der Waals surface area contributed by atoms with E-state index in [1.54, 1.807) is 6.92 Å². The minimum atomic E-state index is -3.74. The van der Waals surface area contributed by atoms with Crippen LogP contribution in [0.5, 0.6) is 0 Å². The first-order valence-electron chi connectivity index (χ1n) is 6.47. The number of aryl methyl sites for hydroxylation is 1. The molecule has 0 aliphatic carbocycles. The summed E-state index contributed by atoms with van der Waals surface area (Å²) in [6.45, 7) is 7.14. The number of benzene rings is 1. The van der Waals surface area contributed by atoms with Gasteiger partial charge >= 0.3 is 0 Å². The number of hydrogen-bond donors (Lipinski definition) is 2. The van der Waals surface area contributed by atoms with Gasteiger partial charge in [0.2, 0.25) is 10.0 Å². The van der Waals surface area contributed by atoms with Gasteiger partial charge in [-0.3, -0.25) is 0 Å². The maximum atomic E-state index is 13.1. The SMILES string of the molecule is Cc1cc(F)ccc1S(=O)(=O)NC(CCO)C(C)(C)C. The van der Waals surface area contributed by atoms with E-state index < -0.39 is 21.9 Å². The summed E-state index contributed by atoms with van der Waals surface area (Å²) in [5.74, 6) is -0.468. The van der Waals surface area contributed by atoms with Crippen molar-refractivity contribution < 1.29 is 17.9 Å². The molecule has 0 fully saturated rings. The van der Waals surface area contributed by atoms with Crippen molar-refractivity contribution in [1.82, 2.24) is 4.72 Å². The number of sulfonamides is 1. The van der Waals surface area contributed by atoms with E-state index in [9.17, 15) is 12.8 Å². The number of rotatable bonds is 5. The molecule has 0 saturated heterocycles. The Hall–Kier alpha value is -0.980. The summed E-state index contributed by atoms with van der Waals surface area (Å²) in [5, 5.41) is 9.07. The first-order valence-corrected chi connectivity index (χ1v) is 7.95. The minimum Gasteiger partial charge on any atom is -0.396 e. The molecule has 114 valence electrons. The molecule has 0 radical (unpaired) electrons. The monoisotopic (exact) mass is 303 g/mol. The molecule has 0 aliphatic rings. The zero-order chi connectivity index (χ0) is 15.6. The highest BCUT2D eigenvalue weighted by molar-refractivity contribution is 7.89. The van der Waals surface area contributed by atoms with E-state index in [1.807, 2.05) is 20.8 Å². The molecule has 0 bridgehead atoms. The highest BCUT2D eigenvalue weighted by atomic mass is 32.2. The van der Waals surface area contributed by atoms with Gasteiger partial charge in [-0.15, -0.1) is 0 Å². The van der Waals surface area contributed by atoms with Crippen molar-refractivity contribution in [2.45, 2.75) is 45.1 Å². The molecule has 20 heavy (non-hydrogen) atoms. The Kier molecular flexibility index (Phi) is 5.29. The zero-order valence-electron chi connectivity index (χ0n) is 12.3. The van der Waals surface area contributed by atoms with E-state index in [0.717, 1.165) is 6.07 Å². The van der Waals surface area contributed by atoms with Crippen LogP contribution in [0.25, 0.3) is 0 Å². The molecule has 6 heteroatoms. The molecule has 1 atom stereocenters. The van der Waals surface area contributed by atoms with Crippen molar-refractivity contribution in [1.29, 1.82) is 0 Å². The molecule has 0 saturated carbocycles. The third-order valence-corrected chi connectivity index (χ3v) is 4.82.